The average molecular weight is 542 g/mol. The molecule has 0 unspecified atom stereocenters. The monoisotopic (exact) mass is 541 g/mol. The first-order chi connectivity index (χ1) is 18.8. The van der Waals surface area contributed by atoms with Gasteiger partial charge < -0.3 is 13.9 Å². The van der Waals surface area contributed by atoms with Crippen molar-refractivity contribution in [1.29, 1.82) is 0 Å². The molecule has 0 spiro atoms. The number of furan rings is 1. The number of amides is 2. The van der Waals surface area contributed by atoms with E-state index in [1.165, 1.54) is 36.3 Å². The minimum Gasteiger partial charge on any atom is -0.496 e. The molecule has 2 heterocycles. The third-order valence-electron chi connectivity index (χ3n) is 5.75. The molecule has 1 saturated heterocycles. The minimum absolute atomic E-state index is 0.0605. The maximum atomic E-state index is 13.4. The van der Waals surface area contributed by atoms with Crippen LogP contribution in [-0.4, -0.2) is 29.0 Å². The summed E-state index contributed by atoms with van der Waals surface area (Å²) in [5.41, 5.74) is 0.578. The van der Waals surface area contributed by atoms with Gasteiger partial charge in [0.05, 0.1) is 29.4 Å². The molecule has 1 aliphatic rings. The van der Waals surface area contributed by atoms with Crippen LogP contribution in [0.3, 0.4) is 0 Å². The quantitative estimate of drug-likeness (QED) is 0.107. The third kappa shape index (κ3) is 5.24. The molecule has 5 rings (SSSR count). The fourth-order valence-corrected chi connectivity index (χ4v) is 4.18. The Hall–Kier alpha value is -5.29. The molecule has 3 aromatic carbocycles. The van der Waals surface area contributed by atoms with Crippen molar-refractivity contribution < 1.29 is 28.4 Å². The van der Waals surface area contributed by atoms with Crippen molar-refractivity contribution in [1.82, 2.24) is 5.32 Å². The van der Waals surface area contributed by atoms with Crippen molar-refractivity contribution in [2.24, 2.45) is 0 Å². The molecule has 4 aromatic rings. The zero-order valence-electron chi connectivity index (χ0n) is 20.3. The van der Waals surface area contributed by atoms with E-state index in [9.17, 15) is 19.7 Å². The lowest BCUT2D eigenvalue weighted by Crippen LogP contribution is -2.54. The zero-order valence-corrected chi connectivity index (χ0v) is 21.1. The number of ether oxygens (including phenoxy) is 2. The van der Waals surface area contributed by atoms with E-state index in [-0.39, 0.29) is 27.9 Å². The highest BCUT2D eigenvalue weighted by atomic mass is 32.1. The second-order valence-corrected chi connectivity index (χ2v) is 8.60. The van der Waals surface area contributed by atoms with E-state index in [4.69, 9.17) is 26.1 Å². The fraction of sp³-hybridized carbons (Fsp3) is 0.0357. The normalized spacial score (nSPS) is 14.3. The van der Waals surface area contributed by atoms with E-state index in [0.29, 0.717) is 28.5 Å². The standard InChI is InChI=1S/C28H19N3O7S/c1-36-25-15-18(31(34)35)9-13-22(25)24-14-12-21(38-24)16-23-26(32)29-28(39)30(27(23)33)17-7-10-20(11-8-17)37-19-5-3-2-4-6-19/h2-16H,1H3,(H,29,32,39)/b23-16+. The summed E-state index contributed by atoms with van der Waals surface area (Å²) >= 11 is 5.27. The van der Waals surface area contributed by atoms with E-state index in [1.807, 2.05) is 30.3 Å². The molecule has 0 atom stereocenters. The molecule has 1 aromatic heterocycles. The number of nitrogens with one attached hydrogen (secondary N) is 1. The van der Waals surface area contributed by atoms with Crippen molar-refractivity contribution in [2.75, 3.05) is 12.0 Å². The van der Waals surface area contributed by atoms with Gasteiger partial charge in [0.2, 0.25) is 0 Å². The number of hydrogen-bond acceptors (Lipinski definition) is 8. The van der Waals surface area contributed by atoms with Gasteiger partial charge in [-0.15, -0.1) is 0 Å². The smallest absolute Gasteiger partial charge is 0.273 e. The van der Waals surface area contributed by atoms with Gasteiger partial charge in [0.1, 0.15) is 34.3 Å². The van der Waals surface area contributed by atoms with Crippen LogP contribution in [-0.2, 0) is 9.59 Å². The number of benzene rings is 3. The Morgan fingerprint density at radius 1 is 0.974 bits per heavy atom. The Balaban J connectivity index is 1.40. The Morgan fingerprint density at radius 3 is 2.38 bits per heavy atom. The van der Waals surface area contributed by atoms with Gasteiger partial charge in [0.15, 0.2) is 5.11 Å². The fourth-order valence-electron chi connectivity index (χ4n) is 3.89. The lowest BCUT2D eigenvalue weighted by molar-refractivity contribution is -0.384. The van der Waals surface area contributed by atoms with Gasteiger partial charge in [-0.1, -0.05) is 18.2 Å². The number of carbonyl (C=O) groups excluding carboxylic acids is 2. The number of rotatable bonds is 7. The number of non-ortho nitro benzene ring substituents is 1. The van der Waals surface area contributed by atoms with E-state index in [0.717, 1.165) is 0 Å². The van der Waals surface area contributed by atoms with E-state index < -0.39 is 16.7 Å². The van der Waals surface area contributed by atoms with Crippen LogP contribution in [0.25, 0.3) is 17.4 Å². The summed E-state index contributed by atoms with van der Waals surface area (Å²) in [4.78, 5) is 37.8. The Labute approximate surface area is 227 Å². The molecule has 2 amide bonds. The maximum Gasteiger partial charge on any atom is 0.273 e. The first kappa shape index (κ1) is 25.4. The number of para-hydroxylation sites is 1. The van der Waals surface area contributed by atoms with Crippen LogP contribution in [0.1, 0.15) is 5.76 Å². The lowest BCUT2D eigenvalue weighted by atomic mass is 10.1. The molecule has 39 heavy (non-hydrogen) atoms. The van der Waals surface area contributed by atoms with Crippen LogP contribution in [0.4, 0.5) is 11.4 Å². The number of anilines is 1. The van der Waals surface area contributed by atoms with Crippen molar-refractivity contribution >= 4 is 46.6 Å². The van der Waals surface area contributed by atoms with Crippen LogP contribution in [0, 0.1) is 10.1 Å². The summed E-state index contributed by atoms with van der Waals surface area (Å²) in [6.07, 6.45) is 1.31. The molecule has 1 N–H and O–H groups in total. The van der Waals surface area contributed by atoms with E-state index in [1.54, 1.807) is 36.4 Å². The predicted octanol–water partition coefficient (Wildman–Crippen LogP) is 5.49. The van der Waals surface area contributed by atoms with Gasteiger partial charge in [0.25, 0.3) is 17.5 Å². The predicted molar refractivity (Wildman–Crippen MR) is 147 cm³/mol. The molecular weight excluding hydrogens is 522 g/mol. The number of hydrogen-bond donors (Lipinski definition) is 1. The number of carbonyl (C=O) groups is 2. The largest absolute Gasteiger partial charge is 0.496 e. The molecule has 194 valence electrons. The highest BCUT2D eigenvalue weighted by molar-refractivity contribution is 7.80. The second-order valence-electron chi connectivity index (χ2n) is 8.21. The van der Waals surface area contributed by atoms with Gasteiger partial charge in [-0.25, -0.2) is 0 Å². The van der Waals surface area contributed by atoms with Crippen LogP contribution in [0.15, 0.2) is 94.9 Å². The summed E-state index contributed by atoms with van der Waals surface area (Å²) < 4.78 is 16.9. The average Bonchev–Trinajstić information content (AvgIpc) is 3.40. The zero-order chi connectivity index (χ0) is 27.5. The van der Waals surface area contributed by atoms with Crippen LogP contribution < -0.4 is 19.7 Å². The third-order valence-corrected chi connectivity index (χ3v) is 6.03. The second kappa shape index (κ2) is 10.6. The topological polar surface area (TPSA) is 124 Å². The molecule has 1 aliphatic heterocycles. The summed E-state index contributed by atoms with van der Waals surface area (Å²) in [5, 5.41) is 13.5. The molecule has 10 nitrogen and oxygen atoms in total. The van der Waals surface area contributed by atoms with Crippen LogP contribution in [0.2, 0.25) is 0 Å². The van der Waals surface area contributed by atoms with Crippen molar-refractivity contribution in [3.05, 3.63) is 106 Å². The molecule has 0 radical (unpaired) electrons. The Morgan fingerprint density at radius 2 is 1.69 bits per heavy atom. The minimum atomic E-state index is -0.670. The van der Waals surface area contributed by atoms with Gasteiger partial charge in [-0.05, 0) is 72.9 Å². The summed E-state index contributed by atoms with van der Waals surface area (Å²) in [6.45, 7) is 0. The van der Waals surface area contributed by atoms with Crippen LogP contribution in [0.5, 0.6) is 17.2 Å². The Kier molecular flexibility index (Phi) is 6.89. The maximum absolute atomic E-state index is 13.4. The molecular formula is C28H19N3O7S. The van der Waals surface area contributed by atoms with Gasteiger partial charge >= 0.3 is 0 Å². The number of thiocarbonyl (C=S) groups is 1. The van der Waals surface area contributed by atoms with Gasteiger partial charge in [-0.3, -0.25) is 29.9 Å². The van der Waals surface area contributed by atoms with Crippen molar-refractivity contribution in [2.45, 2.75) is 0 Å². The summed E-state index contributed by atoms with van der Waals surface area (Å²) in [6, 6.07) is 23.2. The van der Waals surface area contributed by atoms with E-state index >= 15 is 0 Å². The van der Waals surface area contributed by atoms with Gasteiger partial charge in [-0.2, -0.15) is 0 Å². The SMILES string of the molecule is COc1cc([N+](=O)[O-])ccc1-c1ccc(/C=C2\C(=O)NC(=S)N(c3ccc(Oc4ccccc4)cc3)C2=O)o1. The molecule has 1 fully saturated rings. The molecule has 0 aliphatic carbocycles. The highest BCUT2D eigenvalue weighted by Crippen LogP contribution is 2.35. The Bertz CT molecular complexity index is 1630. The number of nitrogens with zero attached hydrogens (tertiary/aromatic N) is 2. The first-order valence-corrected chi connectivity index (χ1v) is 11.9. The molecule has 0 saturated carbocycles. The summed E-state index contributed by atoms with van der Waals surface area (Å²) in [7, 11) is 1.39. The van der Waals surface area contributed by atoms with Crippen molar-refractivity contribution in [3.8, 4) is 28.6 Å². The van der Waals surface area contributed by atoms with Gasteiger partial charge in [0, 0.05) is 6.07 Å². The molecule has 0 bridgehead atoms. The summed E-state index contributed by atoms with van der Waals surface area (Å²) in [5.74, 6) is 0.700. The van der Waals surface area contributed by atoms with Crippen LogP contribution >= 0.6 is 12.2 Å². The lowest BCUT2D eigenvalue weighted by Gasteiger charge is -2.28. The first-order valence-electron chi connectivity index (χ1n) is 11.5. The number of methoxy groups -OCH3 is 1. The number of nitro benzene ring substituents is 1. The molecule has 11 heteroatoms. The van der Waals surface area contributed by atoms with Crippen molar-refractivity contribution in [3.63, 3.8) is 0 Å². The highest BCUT2D eigenvalue weighted by Gasteiger charge is 2.34. The van der Waals surface area contributed by atoms with E-state index in [2.05, 4.69) is 5.32 Å². The number of nitro groups is 1.